The zero-order chi connectivity index (χ0) is 24.4. The van der Waals surface area contributed by atoms with Gasteiger partial charge >= 0.3 is 0 Å². The molecule has 1 saturated heterocycles. The summed E-state index contributed by atoms with van der Waals surface area (Å²) in [5.41, 5.74) is 5.14. The number of nitrogens with zero attached hydrogens (tertiary/aromatic N) is 6. The number of piperidine rings is 1. The number of hydrogen-bond acceptors (Lipinski definition) is 7. The summed E-state index contributed by atoms with van der Waals surface area (Å²) in [6, 6.07) is 10.0. The van der Waals surface area contributed by atoms with E-state index in [-0.39, 0.29) is 11.7 Å². The number of hydrogen-bond donors (Lipinski definition) is 0. The number of aromatic nitrogens is 5. The van der Waals surface area contributed by atoms with E-state index in [0.29, 0.717) is 18.7 Å². The van der Waals surface area contributed by atoms with E-state index in [1.807, 2.05) is 35.9 Å². The second kappa shape index (κ2) is 9.92. The fourth-order valence-electron chi connectivity index (χ4n) is 4.65. The van der Waals surface area contributed by atoms with E-state index in [1.165, 1.54) is 0 Å². The van der Waals surface area contributed by atoms with Gasteiger partial charge < -0.3 is 9.64 Å². The van der Waals surface area contributed by atoms with Crippen molar-refractivity contribution in [1.82, 2.24) is 29.6 Å². The lowest BCUT2D eigenvalue weighted by Gasteiger charge is -2.27. The lowest BCUT2D eigenvalue weighted by Crippen LogP contribution is -2.34. The van der Waals surface area contributed by atoms with Gasteiger partial charge in [0, 0.05) is 29.3 Å². The van der Waals surface area contributed by atoms with Gasteiger partial charge in [0.15, 0.2) is 5.65 Å². The van der Waals surface area contributed by atoms with E-state index in [4.69, 9.17) is 19.8 Å². The number of fused-ring (bicyclic) bond motifs is 1. The van der Waals surface area contributed by atoms with Crippen LogP contribution >= 0.6 is 0 Å². The first-order valence-corrected chi connectivity index (χ1v) is 12.0. The Balaban J connectivity index is 1.35. The van der Waals surface area contributed by atoms with Crippen molar-refractivity contribution < 1.29 is 9.53 Å². The van der Waals surface area contributed by atoms with Gasteiger partial charge in [0.2, 0.25) is 0 Å². The molecule has 4 aromatic rings. The van der Waals surface area contributed by atoms with Crippen molar-refractivity contribution in [2.75, 3.05) is 27.2 Å². The number of carbonyl (C=O) groups is 1. The standard InChI is InChI=1S/C27H30N6O2/c1-18-24-12-21(14-29-27(24)33(31-18)17-19-4-6-23(35-3)7-5-19)25-16-28-15-22(30-25)13-26(34)20-8-10-32(2)11-9-20/h4-7,12,14-16,20H,8-11,13,17H2,1-3H3. The molecule has 0 bridgehead atoms. The van der Waals surface area contributed by atoms with Crippen molar-refractivity contribution in [2.45, 2.75) is 32.7 Å². The van der Waals surface area contributed by atoms with Crippen LogP contribution in [0.2, 0.25) is 0 Å². The molecule has 0 amide bonds. The molecule has 1 fully saturated rings. The Morgan fingerprint density at radius 1 is 1.11 bits per heavy atom. The van der Waals surface area contributed by atoms with Crippen LogP contribution in [-0.4, -0.2) is 62.7 Å². The van der Waals surface area contributed by atoms with Crippen molar-refractivity contribution in [1.29, 1.82) is 0 Å². The Labute approximate surface area is 205 Å². The van der Waals surface area contributed by atoms with Crippen LogP contribution < -0.4 is 4.74 Å². The van der Waals surface area contributed by atoms with Gasteiger partial charge in [-0.15, -0.1) is 0 Å². The number of aryl methyl sites for hydroxylation is 1. The molecular weight excluding hydrogens is 440 g/mol. The monoisotopic (exact) mass is 470 g/mol. The van der Waals surface area contributed by atoms with Crippen LogP contribution in [0.5, 0.6) is 5.75 Å². The summed E-state index contributed by atoms with van der Waals surface area (Å²) in [4.78, 5) is 28.9. The van der Waals surface area contributed by atoms with Gasteiger partial charge in [0.1, 0.15) is 11.5 Å². The fourth-order valence-corrected chi connectivity index (χ4v) is 4.65. The van der Waals surface area contributed by atoms with Crippen molar-refractivity contribution in [2.24, 2.45) is 5.92 Å². The highest BCUT2D eigenvalue weighted by Crippen LogP contribution is 2.25. The molecule has 35 heavy (non-hydrogen) atoms. The van der Waals surface area contributed by atoms with E-state index >= 15 is 0 Å². The highest BCUT2D eigenvalue weighted by atomic mass is 16.5. The maximum Gasteiger partial charge on any atom is 0.158 e. The molecule has 1 aromatic carbocycles. The first-order valence-electron chi connectivity index (χ1n) is 12.0. The van der Waals surface area contributed by atoms with Crippen molar-refractivity contribution in [3.05, 3.63) is 65.9 Å². The highest BCUT2D eigenvalue weighted by Gasteiger charge is 2.24. The molecule has 0 aliphatic carbocycles. The Kier molecular flexibility index (Phi) is 6.55. The third-order valence-corrected chi connectivity index (χ3v) is 6.77. The molecule has 4 heterocycles. The summed E-state index contributed by atoms with van der Waals surface area (Å²) in [6.07, 6.45) is 7.39. The molecule has 0 atom stereocenters. The zero-order valence-electron chi connectivity index (χ0n) is 20.4. The maximum atomic E-state index is 12.8. The smallest absolute Gasteiger partial charge is 0.158 e. The number of likely N-dealkylation sites (tertiary alicyclic amines) is 1. The minimum atomic E-state index is 0.119. The molecular formula is C27H30N6O2. The van der Waals surface area contributed by atoms with Gasteiger partial charge in [-0.2, -0.15) is 5.10 Å². The molecule has 8 nitrogen and oxygen atoms in total. The predicted molar refractivity (Wildman–Crippen MR) is 134 cm³/mol. The van der Waals surface area contributed by atoms with Crippen LogP contribution in [0.15, 0.2) is 48.9 Å². The molecule has 3 aromatic heterocycles. The largest absolute Gasteiger partial charge is 0.497 e. The van der Waals surface area contributed by atoms with Gasteiger partial charge in [0.25, 0.3) is 0 Å². The molecule has 1 aliphatic heterocycles. The third kappa shape index (κ3) is 5.07. The summed E-state index contributed by atoms with van der Waals surface area (Å²) < 4.78 is 7.16. The summed E-state index contributed by atoms with van der Waals surface area (Å²) in [6.45, 7) is 4.55. The lowest BCUT2D eigenvalue weighted by atomic mass is 9.90. The minimum absolute atomic E-state index is 0.119. The first-order chi connectivity index (χ1) is 17.0. The van der Waals surface area contributed by atoms with Crippen LogP contribution in [0.3, 0.4) is 0 Å². The number of pyridine rings is 1. The van der Waals surface area contributed by atoms with Crippen LogP contribution in [-0.2, 0) is 17.8 Å². The van der Waals surface area contributed by atoms with Crippen molar-refractivity contribution >= 4 is 16.8 Å². The average Bonchev–Trinajstić information content (AvgIpc) is 3.19. The Hall–Kier alpha value is -3.65. The van der Waals surface area contributed by atoms with E-state index in [1.54, 1.807) is 25.7 Å². The topological polar surface area (TPSA) is 86.0 Å². The highest BCUT2D eigenvalue weighted by molar-refractivity contribution is 5.84. The maximum absolute atomic E-state index is 12.8. The number of benzene rings is 1. The second-order valence-electron chi connectivity index (χ2n) is 9.30. The summed E-state index contributed by atoms with van der Waals surface area (Å²) in [7, 11) is 3.76. The molecule has 0 unspecified atom stereocenters. The van der Waals surface area contributed by atoms with Gasteiger partial charge in [-0.25, -0.2) is 14.6 Å². The average molecular weight is 471 g/mol. The zero-order valence-corrected chi connectivity index (χ0v) is 20.4. The van der Waals surface area contributed by atoms with Gasteiger partial charge in [0.05, 0.1) is 43.4 Å². The van der Waals surface area contributed by atoms with Gasteiger partial charge in [-0.3, -0.25) is 9.78 Å². The molecule has 0 N–H and O–H groups in total. The van der Waals surface area contributed by atoms with Crippen LogP contribution in [0, 0.1) is 12.8 Å². The normalized spacial score (nSPS) is 14.9. The summed E-state index contributed by atoms with van der Waals surface area (Å²) in [5.74, 6) is 1.21. The third-order valence-electron chi connectivity index (χ3n) is 6.77. The fraction of sp³-hybridized carbons (Fsp3) is 0.370. The van der Waals surface area contributed by atoms with Gasteiger partial charge in [-0.05, 0) is 63.7 Å². The van der Waals surface area contributed by atoms with Crippen LogP contribution in [0.25, 0.3) is 22.3 Å². The summed E-state index contributed by atoms with van der Waals surface area (Å²) in [5, 5.41) is 5.69. The van der Waals surface area contributed by atoms with E-state index in [0.717, 1.165) is 65.2 Å². The number of rotatable bonds is 7. The van der Waals surface area contributed by atoms with Crippen LogP contribution in [0.1, 0.15) is 29.8 Å². The lowest BCUT2D eigenvalue weighted by molar-refractivity contribution is -0.123. The Bertz CT molecular complexity index is 1340. The molecule has 0 radical (unpaired) electrons. The molecule has 0 saturated carbocycles. The molecule has 180 valence electrons. The number of Topliss-reactive ketones (excluding diaryl/α,β-unsaturated/α-hetero) is 1. The van der Waals surface area contributed by atoms with Crippen molar-refractivity contribution in [3.63, 3.8) is 0 Å². The second-order valence-corrected chi connectivity index (χ2v) is 9.30. The molecule has 0 spiro atoms. The molecule has 5 rings (SSSR count). The summed E-state index contributed by atoms with van der Waals surface area (Å²) >= 11 is 0. The number of carbonyl (C=O) groups excluding carboxylic acids is 1. The predicted octanol–water partition coefficient (Wildman–Crippen LogP) is 3.71. The number of methoxy groups -OCH3 is 1. The van der Waals surface area contributed by atoms with E-state index in [9.17, 15) is 4.79 Å². The Morgan fingerprint density at radius 2 is 1.89 bits per heavy atom. The molecule has 1 aliphatic rings. The van der Waals surface area contributed by atoms with Crippen molar-refractivity contribution in [3.8, 4) is 17.0 Å². The SMILES string of the molecule is COc1ccc(Cn2nc(C)c3cc(-c4cncc(CC(=O)C5CCN(C)CC5)n4)cnc32)cc1. The van der Waals surface area contributed by atoms with E-state index in [2.05, 4.69) is 23.0 Å². The minimum Gasteiger partial charge on any atom is -0.497 e. The van der Waals surface area contributed by atoms with Crippen LogP contribution in [0.4, 0.5) is 0 Å². The Morgan fingerprint density at radius 3 is 2.63 bits per heavy atom. The molecule has 8 heteroatoms. The first kappa shape index (κ1) is 23.1. The number of ketones is 1. The van der Waals surface area contributed by atoms with E-state index < -0.39 is 0 Å². The quantitative estimate of drug-likeness (QED) is 0.407. The van der Waals surface area contributed by atoms with Gasteiger partial charge in [-0.1, -0.05) is 12.1 Å². The number of ether oxygens (including phenoxy) is 1.